The number of nitrogens with one attached hydrogen (secondary N) is 1. The largest absolute Gasteiger partial charge is 0.476 e. The van der Waals surface area contributed by atoms with Crippen molar-refractivity contribution in [3.05, 3.63) is 16.1 Å². The number of aromatic carboxylic acids is 1. The monoisotopic (exact) mass is 315 g/mol. The molecule has 1 atom stereocenters. The lowest BCUT2D eigenvalue weighted by Crippen LogP contribution is -2.46. The predicted molar refractivity (Wildman–Crippen MR) is 74.6 cm³/mol. The molecule has 0 aliphatic carbocycles. The van der Waals surface area contributed by atoms with Crippen LogP contribution in [0.2, 0.25) is 0 Å². The van der Waals surface area contributed by atoms with E-state index in [0.29, 0.717) is 16.6 Å². The number of carboxylic acids is 1. The van der Waals surface area contributed by atoms with Crippen molar-refractivity contribution in [1.29, 1.82) is 0 Å². The van der Waals surface area contributed by atoms with Crippen molar-refractivity contribution in [3.8, 4) is 0 Å². The Morgan fingerprint density at radius 3 is 2.90 bits per heavy atom. The smallest absolute Gasteiger partial charge is 0.355 e. The number of nitrogens with zero attached hydrogens (tertiary/aromatic N) is 2. The van der Waals surface area contributed by atoms with Gasteiger partial charge in [-0.05, 0) is 0 Å². The van der Waals surface area contributed by atoms with E-state index < -0.39 is 12.0 Å². The highest BCUT2D eigenvalue weighted by atomic mass is 32.2. The van der Waals surface area contributed by atoms with Gasteiger partial charge in [0.1, 0.15) is 11.0 Å². The van der Waals surface area contributed by atoms with Crippen molar-refractivity contribution in [3.63, 3.8) is 0 Å². The fraction of sp³-hybridized carbons (Fsp3) is 0.455. The van der Waals surface area contributed by atoms with Gasteiger partial charge < -0.3 is 15.3 Å². The van der Waals surface area contributed by atoms with Gasteiger partial charge in [0.2, 0.25) is 11.8 Å². The number of amides is 2. The number of carbonyl (C=O) groups excluding carboxylic acids is 2. The number of thiazole rings is 1. The van der Waals surface area contributed by atoms with Crippen molar-refractivity contribution >= 4 is 40.9 Å². The van der Waals surface area contributed by atoms with Crippen LogP contribution in [0.3, 0.4) is 0 Å². The van der Waals surface area contributed by atoms with Crippen molar-refractivity contribution in [2.45, 2.75) is 19.5 Å². The number of aromatic nitrogens is 1. The van der Waals surface area contributed by atoms with Gasteiger partial charge in [-0.25, -0.2) is 9.78 Å². The van der Waals surface area contributed by atoms with Crippen LogP contribution in [0.15, 0.2) is 5.38 Å². The second kappa shape index (κ2) is 6.23. The van der Waals surface area contributed by atoms with Crippen LogP contribution >= 0.6 is 23.1 Å². The molecule has 1 unspecified atom stereocenters. The molecule has 0 saturated carbocycles. The maximum absolute atomic E-state index is 12.0. The lowest BCUT2D eigenvalue weighted by Gasteiger charge is -2.21. The van der Waals surface area contributed by atoms with Crippen LogP contribution in [0.4, 0.5) is 0 Å². The van der Waals surface area contributed by atoms with Crippen LogP contribution in [0.25, 0.3) is 0 Å². The lowest BCUT2D eigenvalue weighted by atomic mass is 10.2. The molecule has 2 rings (SSSR count). The maximum atomic E-state index is 12.0. The number of thioether (sulfide) groups is 1. The van der Waals surface area contributed by atoms with Crippen molar-refractivity contribution in [1.82, 2.24) is 15.2 Å². The molecule has 2 amide bonds. The standard InChI is InChI=1S/C11H13N3O4S2/c1-6(15)14-5-19-4-8(14)10(16)12-2-9-13-7(3-20-9)11(17)18/h3,8H,2,4-5H2,1H3,(H,12,16)(H,17,18). The minimum atomic E-state index is -1.09. The van der Waals surface area contributed by atoms with Gasteiger partial charge in [0, 0.05) is 18.1 Å². The van der Waals surface area contributed by atoms with Crippen LogP contribution in [0.5, 0.6) is 0 Å². The highest BCUT2D eigenvalue weighted by Crippen LogP contribution is 2.21. The first-order valence-corrected chi connectivity index (χ1v) is 7.83. The summed E-state index contributed by atoms with van der Waals surface area (Å²) in [5.41, 5.74) is -0.0268. The molecule has 0 aromatic carbocycles. The summed E-state index contributed by atoms with van der Waals surface area (Å²) >= 11 is 2.71. The van der Waals surface area contributed by atoms with Crippen molar-refractivity contribution in [2.24, 2.45) is 0 Å². The Morgan fingerprint density at radius 1 is 1.55 bits per heavy atom. The van der Waals surface area contributed by atoms with Crippen LogP contribution in [0, 0.1) is 0 Å². The first kappa shape index (κ1) is 14.8. The van der Waals surface area contributed by atoms with Gasteiger partial charge in [0.05, 0.1) is 12.4 Å². The number of rotatable bonds is 4. The number of hydrogen-bond acceptors (Lipinski definition) is 6. The van der Waals surface area contributed by atoms with Gasteiger partial charge in [-0.15, -0.1) is 23.1 Å². The molecule has 1 aliphatic heterocycles. The van der Waals surface area contributed by atoms with Crippen molar-refractivity contribution < 1.29 is 19.5 Å². The quantitative estimate of drug-likeness (QED) is 0.833. The molecular formula is C11H13N3O4S2. The molecule has 7 nitrogen and oxygen atoms in total. The van der Waals surface area contributed by atoms with E-state index in [1.165, 1.54) is 40.3 Å². The first-order chi connectivity index (χ1) is 9.49. The summed E-state index contributed by atoms with van der Waals surface area (Å²) in [5, 5.41) is 13.4. The van der Waals surface area contributed by atoms with Crippen LogP contribution in [-0.4, -0.2) is 50.4 Å². The van der Waals surface area contributed by atoms with E-state index in [1.807, 2.05) is 0 Å². The molecule has 1 aromatic rings. The van der Waals surface area contributed by atoms with Crippen LogP contribution in [0.1, 0.15) is 22.4 Å². The average Bonchev–Trinajstić information content (AvgIpc) is 3.04. The molecular weight excluding hydrogens is 302 g/mol. The minimum absolute atomic E-state index is 0.0268. The summed E-state index contributed by atoms with van der Waals surface area (Å²) in [6, 6.07) is -0.462. The third-order valence-electron chi connectivity index (χ3n) is 2.77. The highest BCUT2D eigenvalue weighted by Gasteiger charge is 2.32. The summed E-state index contributed by atoms with van der Waals surface area (Å²) in [6.45, 7) is 1.61. The van der Waals surface area contributed by atoms with E-state index in [-0.39, 0.29) is 24.1 Å². The molecule has 1 saturated heterocycles. The van der Waals surface area contributed by atoms with E-state index in [1.54, 1.807) is 0 Å². The molecule has 1 fully saturated rings. The fourth-order valence-corrected chi connectivity index (χ4v) is 3.67. The Kier molecular flexibility index (Phi) is 4.61. The first-order valence-electron chi connectivity index (χ1n) is 5.79. The Morgan fingerprint density at radius 2 is 2.30 bits per heavy atom. The summed E-state index contributed by atoms with van der Waals surface area (Å²) in [6.07, 6.45) is 0. The molecule has 0 radical (unpaired) electrons. The van der Waals surface area contributed by atoms with Crippen LogP contribution < -0.4 is 5.32 Å². The summed E-state index contributed by atoms with van der Waals surface area (Å²) < 4.78 is 0. The Balaban J connectivity index is 1.91. The molecule has 0 bridgehead atoms. The zero-order valence-corrected chi connectivity index (χ0v) is 12.3. The van der Waals surface area contributed by atoms with Gasteiger partial charge in [-0.2, -0.15) is 0 Å². The van der Waals surface area contributed by atoms with Gasteiger partial charge in [-0.1, -0.05) is 0 Å². The van der Waals surface area contributed by atoms with E-state index >= 15 is 0 Å². The van der Waals surface area contributed by atoms with E-state index in [9.17, 15) is 14.4 Å². The van der Waals surface area contributed by atoms with Crippen molar-refractivity contribution in [2.75, 3.05) is 11.6 Å². The SMILES string of the molecule is CC(=O)N1CSCC1C(=O)NCc1nc(C(=O)O)cs1. The molecule has 0 spiro atoms. The normalized spacial score (nSPS) is 18.1. The molecule has 1 aliphatic rings. The van der Waals surface area contributed by atoms with E-state index in [4.69, 9.17) is 5.11 Å². The average molecular weight is 315 g/mol. The topological polar surface area (TPSA) is 99.6 Å². The van der Waals surface area contributed by atoms with Crippen LogP contribution in [-0.2, 0) is 16.1 Å². The Labute approximate surface area is 123 Å². The summed E-state index contributed by atoms with van der Waals surface area (Å²) in [5.74, 6) is -0.360. The zero-order valence-electron chi connectivity index (χ0n) is 10.7. The third kappa shape index (κ3) is 3.28. The number of carbonyl (C=O) groups is 3. The van der Waals surface area contributed by atoms with E-state index in [2.05, 4.69) is 10.3 Å². The Hall–Kier alpha value is -1.61. The second-order valence-corrected chi connectivity index (χ2v) is 6.10. The Bertz CT molecular complexity index is 546. The van der Waals surface area contributed by atoms with Gasteiger partial charge >= 0.3 is 5.97 Å². The van der Waals surface area contributed by atoms with Gasteiger partial charge in [0.25, 0.3) is 0 Å². The molecule has 108 valence electrons. The number of hydrogen-bond donors (Lipinski definition) is 2. The minimum Gasteiger partial charge on any atom is -0.476 e. The third-order valence-corrected chi connectivity index (χ3v) is 4.64. The fourth-order valence-electron chi connectivity index (χ4n) is 1.74. The number of carboxylic acid groups (broad SMARTS) is 1. The summed E-state index contributed by atoms with van der Waals surface area (Å²) in [4.78, 5) is 39.5. The predicted octanol–water partition coefficient (Wildman–Crippen LogP) is 0.379. The molecule has 2 N–H and O–H groups in total. The summed E-state index contributed by atoms with van der Waals surface area (Å²) in [7, 11) is 0. The molecule has 2 heterocycles. The molecule has 20 heavy (non-hydrogen) atoms. The molecule has 1 aromatic heterocycles. The lowest BCUT2D eigenvalue weighted by molar-refractivity contribution is -0.136. The maximum Gasteiger partial charge on any atom is 0.355 e. The van der Waals surface area contributed by atoms with Gasteiger partial charge in [0.15, 0.2) is 5.69 Å². The van der Waals surface area contributed by atoms with E-state index in [0.717, 1.165) is 0 Å². The molecule has 9 heteroatoms. The van der Waals surface area contributed by atoms with Gasteiger partial charge in [-0.3, -0.25) is 9.59 Å². The zero-order chi connectivity index (χ0) is 14.7. The second-order valence-electron chi connectivity index (χ2n) is 4.15. The highest BCUT2D eigenvalue weighted by molar-refractivity contribution is 7.99.